The number of alkyl halides is 9. The van der Waals surface area contributed by atoms with Gasteiger partial charge in [0.05, 0.1) is 27.8 Å². The highest BCUT2D eigenvalue weighted by molar-refractivity contribution is 5.90. The number of aromatic nitrogens is 2. The minimum atomic E-state index is -5.19. The number of carbonyl (C=O) groups is 1. The Kier molecular flexibility index (Phi) is 7.78. The Morgan fingerprint density at radius 2 is 1.34 bits per heavy atom. The van der Waals surface area contributed by atoms with E-state index in [2.05, 4.69) is 5.10 Å². The van der Waals surface area contributed by atoms with Crippen LogP contribution in [-0.4, -0.2) is 15.7 Å². The third-order valence-corrected chi connectivity index (χ3v) is 5.68. The topological polar surface area (TPSA) is 53.4 Å². The molecule has 4 aromatic rings. The lowest BCUT2D eigenvalue weighted by Gasteiger charge is -2.14. The quantitative estimate of drug-likeness (QED) is 0.168. The van der Waals surface area contributed by atoms with Gasteiger partial charge in [-0.15, -0.1) is 0 Å². The minimum Gasteiger partial charge on any atom is -0.457 e. The Morgan fingerprint density at radius 3 is 1.90 bits per heavy atom. The van der Waals surface area contributed by atoms with Gasteiger partial charge in [0, 0.05) is 12.6 Å². The first-order chi connectivity index (χ1) is 19.0. The maximum atomic E-state index is 13.2. The molecule has 1 aromatic heterocycles. The SMILES string of the molecule is Cn1nc(-c2ccccc2)c(COC(=O)c2cc(C(F)(F)F)cc(C(F)(F)F)c2)c1Oc1cccc(C(F)(F)F)c1. The summed E-state index contributed by atoms with van der Waals surface area (Å²) >= 11 is 0. The molecular weight excluding hydrogens is 571 g/mol. The Hall–Kier alpha value is -4.49. The van der Waals surface area contributed by atoms with E-state index in [4.69, 9.17) is 9.47 Å². The molecule has 5 nitrogen and oxygen atoms in total. The number of benzene rings is 3. The van der Waals surface area contributed by atoms with Crippen molar-refractivity contribution in [2.45, 2.75) is 25.1 Å². The van der Waals surface area contributed by atoms with Gasteiger partial charge < -0.3 is 9.47 Å². The summed E-state index contributed by atoms with van der Waals surface area (Å²) in [5, 5.41) is 4.27. The monoisotopic (exact) mass is 588 g/mol. The molecule has 216 valence electrons. The van der Waals surface area contributed by atoms with Crippen molar-refractivity contribution in [3.05, 3.63) is 101 Å². The molecule has 0 atom stereocenters. The van der Waals surface area contributed by atoms with Gasteiger partial charge in [0.2, 0.25) is 5.88 Å². The number of nitrogens with zero attached hydrogens (tertiary/aromatic N) is 2. The van der Waals surface area contributed by atoms with Crippen LogP contribution in [0.5, 0.6) is 11.6 Å². The van der Waals surface area contributed by atoms with Gasteiger partial charge in [-0.25, -0.2) is 9.48 Å². The summed E-state index contributed by atoms with van der Waals surface area (Å²) in [6.07, 6.45) is -15.1. The van der Waals surface area contributed by atoms with E-state index in [1.807, 2.05) is 0 Å². The highest BCUT2D eigenvalue weighted by Gasteiger charge is 2.38. The van der Waals surface area contributed by atoms with Gasteiger partial charge in [0.15, 0.2) is 0 Å². The number of hydrogen-bond acceptors (Lipinski definition) is 4. The molecule has 0 aliphatic carbocycles. The number of carbonyl (C=O) groups excluding carboxylic acids is 1. The van der Waals surface area contributed by atoms with E-state index in [9.17, 15) is 44.3 Å². The summed E-state index contributed by atoms with van der Waals surface area (Å²) in [6.45, 7) is -0.761. The minimum absolute atomic E-state index is 0.00696. The van der Waals surface area contributed by atoms with E-state index in [1.54, 1.807) is 30.3 Å². The molecule has 0 radical (unpaired) electrons. The molecule has 0 unspecified atom stereocenters. The molecule has 1 heterocycles. The summed E-state index contributed by atoms with van der Waals surface area (Å²) in [4.78, 5) is 12.7. The second-order valence-electron chi connectivity index (χ2n) is 8.62. The molecule has 0 N–H and O–H groups in total. The van der Waals surface area contributed by atoms with Crippen LogP contribution in [0.2, 0.25) is 0 Å². The summed E-state index contributed by atoms with van der Waals surface area (Å²) in [5.74, 6) is -1.96. The van der Waals surface area contributed by atoms with Crippen LogP contribution in [-0.2, 0) is 36.9 Å². The second-order valence-corrected chi connectivity index (χ2v) is 8.62. The van der Waals surface area contributed by atoms with Crippen molar-refractivity contribution in [1.29, 1.82) is 0 Å². The molecule has 0 aliphatic rings. The van der Waals surface area contributed by atoms with Crippen molar-refractivity contribution >= 4 is 5.97 Å². The Labute approximate surface area is 225 Å². The predicted octanol–water partition coefficient (Wildman–Crippen LogP) is 8.29. The maximum Gasteiger partial charge on any atom is 0.416 e. The fourth-order valence-electron chi connectivity index (χ4n) is 3.78. The van der Waals surface area contributed by atoms with Gasteiger partial charge in [-0.2, -0.15) is 44.6 Å². The first-order valence-corrected chi connectivity index (χ1v) is 11.5. The maximum absolute atomic E-state index is 13.2. The van der Waals surface area contributed by atoms with E-state index >= 15 is 0 Å². The molecule has 14 heteroatoms. The lowest BCUT2D eigenvalue weighted by atomic mass is 10.0. The molecule has 0 amide bonds. The molecule has 0 spiro atoms. The van der Waals surface area contributed by atoms with Crippen molar-refractivity contribution in [2.24, 2.45) is 7.05 Å². The smallest absolute Gasteiger partial charge is 0.416 e. The van der Waals surface area contributed by atoms with E-state index < -0.39 is 53.4 Å². The summed E-state index contributed by atoms with van der Waals surface area (Å²) in [7, 11) is 1.38. The molecule has 0 bridgehead atoms. The summed E-state index contributed by atoms with van der Waals surface area (Å²) in [5.41, 5.74) is -4.86. The molecular formula is C27H17F9N2O3. The van der Waals surface area contributed by atoms with Gasteiger partial charge in [-0.1, -0.05) is 36.4 Å². The highest BCUT2D eigenvalue weighted by atomic mass is 19.4. The third kappa shape index (κ3) is 6.81. The largest absolute Gasteiger partial charge is 0.457 e. The fraction of sp³-hybridized carbons (Fsp3) is 0.185. The standard InChI is InChI=1S/C27H17F9N2O3/c1-38-23(41-20-9-5-8-17(13-20)25(28,29)30)21(22(37-38)15-6-3-2-4-7-15)14-40-24(39)16-10-18(26(31,32)33)12-19(11-16)27(34,35)36/h2-13H,14H2,1H3. The Bertz CT molecular complexity index is 1520. The average molecular weight is 588 g/mol. The van der Waals surface area contributed by atoms with Crippen LogP contribution in [0.1, 0.15) is 32.6 Å². The van der Waals surface area contributed by atoms with Crippen molar-refractivity contribution in [3.8, 4) is 22.9 Å². The number of aryl methyl sites for hydroxylation is 1. The summed E-state index contributed by atoms with van der Waals surface area (Å²) in [6, 6.07) is 12.3. The van der Waals surface area contributed by atoms with E-state index in [0.29, 0.717) is 11.6 Å². The molecule has 0 saturated heterocycles. The zero-order chi connectivity index (χ0) is 30.2. The first kappa shape index (κ1) is 29.5. The number of hydrogen-bond donors (Lipinski definition) is 0. The van der Waals surface area contributed by atoms with Crippen LogP contribution in [0.3, 0.4) is 0 Å². The van der Waals surface area contributed by atoms with Crippen LogP contribution in [0, 0.1) is 0 Å². The Balaban J connectivity index is 1.72. The van der Waals surface area contributed by atoms with Crippen molar-refractivity contribution in [1.82, 2.24) is 9.78 Å². The van der Waals surface area contributed by atoms with E-state index in [-0.39, 0.29) is 41.1 Å². The van der Waals surface area contributed by atoms with Gasteiger partial charge in [0.1, 0.15) is 18.1 Å². The van der Waals surface area contributed by atoms with Crippen LogP contribution < -0.4 is 4.74 Å². The van der Waals surface area contributed by atoms with E-state index in [0.717, 1.165) is 16.8 Å². The fourth-order valence-corrected chi connectivity index (χ4v) is 3.78. The number of rotatable bonds is 6. The van der Waals surface area contributed by atoms with Crippen molar-refractivity contribution in [3.63, 3.8) is 0 Å². The lowest BCUT2D eigenvalue weighted by Crippen LogP contribution is -2.14. The van der Waals surface area contributed by atoms with Crippen LogP contribution in [0.25, 0.3) is 11.3 Å². The number of esters is 1. The predicted molar refractivity (Wildman–Crippen MR) is 126 cm³/mol. The van der Waals surface area contributed by atoms with Gasteiger partial charge in [-0.05, 0) is 36.4 Å². The second kappa shape index (κ2) is 10.8. The van der Waals surface area contributed by atoms with Crippen molar-refractivity contribution < 1.29 is 53.8 Å². The van der Waals surface area contributed by atoms with E-state index in [1.165, 1.54) is 13.1 Å². The Morgan fingerprint density at radius 1 is 0.756 bits per heavy atom. The highest BCUT2D eigenvalue weighted by Crippen LogP contribution is 2.38. The average Bonchev–Trinajstić information content (AvgIpc) is 3.20. The number of halogens is 9. The molecule has 0 fully saturated rings. The van der Waals surface area contributed by atoms with Crippen LogP contribution in [0.15, 0.2) is 72.8 Å². The first-order valence-electron chi connectivity index (χ1n) is 11.5. The number of ether oxygens (including phenoxy) is 2. The molecule has 41 heavy (non-hydrogen) atoms. The third-order valence-electron chi connectivity index (χ3n) is 5.68. The summed E-state index contributed by atoms with van der Waals surface area (Å²) < 4.78 is 131. The van der Waals surface area contributed by atoms with Crippen LogP contribution in [0.4, 0.5) is 39.5 Å². The zero-order valence-electron chi connectivity index (χ0n) is 20.7. The molecule has 0 aliphatic heterocycles. The molecule has 3 aromatic carbocycles. The molecule has 4 rings (SSSR count). The van der Waals surface area contributed by atoms with Gasteiger partial charge >= 0.3 is 24.5 Å². The zero-order valence-corrected chi connectivity index (χ0v) is 20.7. The van der Waals surface area contributed by atoms with Crippen LogP contribution >= 0.6 is 0 Å². The molecule has 0 saturated carbocycles. The van der Waals surface area contributed by atoms with Crippen molar-refractivity contribution in [2.75, 3.05) is 0 Å². The lowest BCUT2D eigenvalue weighted by molar-refractivity contribution is -0.143. The van der Waals surface area contributed by atoms with Gasteiger partial charge in [-0.3, -0.25) is 0 Å². The van der Waals surface area contributed by atoms with Gasteiger partial charge in [0.25, 0.3) is 0 Å². The normalized spacial score (nSPS) is 12.3.